The number of pyridine rings is 1. The number of benzene rings is 2. The van der Waals surface area contributed by atoms with Crippen LogP contribution in [0, 0.1) is 18.6 Å². The van der Waals surface area contributed by atoms with Crippen LogP contribution in [-0.2, 0) is 6.42 Å². The van der Waals surface area contributed by atoms with Gasteiger partial charge in [-0.2, -0.15) is 0 Å². The zero-order valence-electron chi connectivity index (χ0n) is 22.7. The van der Waals surface area contributed by atoms with E-state index in [0.717, 1.165) is 53.0 Å². The van der Waals surface area contributed by atoms with Gasteiger partial charge in [-0.15, -0.1) is 0 Å². The second-order valence-electron chi connectivity index (χ2n) is 9.93. The smallest absolute Gasteiger partial charge is 0.133 e. The fourth-order valence-corrected chi connectivity index (χ4v) is 4.94. The zero-order chi connectivity index (χ0) is 27.9. The van der Waals surface area contributed by atoms with Crippen LogP contribution in [-0.4, -0.2) is 29.5 Å². The van der Waals surface area contributed by atoms with Crippen molar-refractivity contribution in [2.45, 2.75) is 33.1 Å². The number of likely N-dealkylation sites (tertiary alicyclic amines) is 1. The summed E-state index contributed by atoms with van der Waals surface area (Å²) in [5.74, 6) is 0.00271. The minimum absolute atomic E-state index is 0.280. The molecule has 1 saturated heterocycles. The fraction of sp³-hybridized carbons (Fsp3) is 0.242. The molecule has 0 amide bonds. The van der Waals surface area contributed by atoms with Gasteiger partial charge in [-0.05, 0) is 104 Å². The van der Waals surface area contributed by atoms with E-state index in [1.807, 2.05) is 38.1 Å². The minimum atomic E-state index is -0.367. The molecule has 2 aromatic carbocycles. The first-order valence-electron chi connectivity index (χ1n) is 13.2. The molecule has 2 heterocycles. The minimum Gasteiger partial charge on any atom is -0.398 e. The highest BCUT2D eigenvalue weighted by molar-refractivity contribution is 5.77. The van der Waals surface area contributed by atoms with Crippen molar-refractivity contribution in [2.75, 3.05) is 30.7 Å². The molecule has 1 aliphatic rings. The van der Waals surface area contributed by atoms with E-state index in [2.05, 4.69) is 28.4 Å². The van der Waals surface area contributed by atoms with Gasteiger partial charge in [0.2, 0.25) is 0 Å². The molecule has 1 aromatic heterocycles. The van der Waals surface area contributed by atoms with E-state index < -0.39 is 0 Å². The molecule has 0 bridgehead atoms. The maximum atomic E-state index is 15.1. The third kappa shape index (κ3) is 6.89. The lowest BCUT2D eigenvalue weighted by Gasteiger charge is -2.17. The van der Waals surface area contributed by atoms with Crippen LogP contribution < -0.4 is 11.1 Å². The topological polar surface area (TPSA) is 54.2 Å². The lowest BCUT2D eigenvalue weighted by Crippen LogP contribution is -2.21. The Kier molecular flexibility index (Phi) is 9.10. The van der Waals surface area contributed by atoms with Gasteiger partial charge in [0.15, 0.2) is 0 Å². The van der Waals surface area contributed by atoms with E-state index in [-0.39, 0.29) is 11.6 Å². The Hall–Kier alpha value is -4.03. The van der Waals surface area contributed by atoms with E-state index in [4.69, 9.17) is 5.73 Å². The van der Waals surface area contributed by atoms with Crippen LogP contribution in [0.5, 0.6) is 0 Å². The van der Waals surface area contributed by atoms with Crippen molar-refractivity contribution < 1.29 is 8.78 Å². The molecule has 0 radical (unpaired) electrons. The lowest BCUT2D eigenvalue weighted by atomic mass is 9.96. The third-order valence-electron chi connectivity index (χ3n) is 7.12. The molecule has 39 heavy (non-hydrogen) atoms. The first-order valence-corrected chi connectivity index (χ1v) is 13.2. The van der Waals surface area contributed by atoms with E-state index in [9.17, 15) is 4.39 Å². The number of halogens is 2. The van der Waals surface area contributed by atoms with E-state index >= 15 is 4.39 Å². The van der Waals surface area contributed by atoms with Crippen LogP contribution in [0.25, 0.3) is 16.7 Å². The summed E-state index contributed by atoms with van der Waals surface area (Å²) < 4.78 is 28.5. The molecule has 6 heteroatoms. The normalized spacial score (nSPS) is 14.5. The van der Waals surface area contributed by atoms with Gasteiger partial charge in [-0.25, -0.2) is 13.8 Å². The van der Waals surface area contributed by atoms with Gasteiger partial charge in [0, 0.05) is 36.1 Å². The molecular formula is C33H36F2N4. The van der Waals surface area contributed by atoms with Crippen LogP contribution in [0.15, 0.2) is 91.3 Å². The second-order valence-corrected chi connectivity index (χ2v) is 9.93. The Morgan fingerprint density at radius 1 is 1.13 bits per heavy atom. The number of nitrogen functional groups attached to an aromatic ring is 1. The van der Waals surface area contributed by atoms with Crippen LogP contribution in [0.3, 0.4) is 0 Å². The Bertz CT molecular complexity index is 1410. The monoisotopic (exact) mass is 526 g/mol. The molecule has 1 aliphatic heterocycles. The summed E-state index contributed by atoms with van der Waals surface area (Å²) in [6, 6.07) is 11.4. The van der Waals surface area contributed by atoms with E-state index in [0.29, 0.717) is 29.2 Å². The highest BCUT2D eigenvalue weighted by Gasteiger charge is 2.16. The van der Waals surface area contributed by atoms with Crippen molar-refractivity contribution in [3.8, 4) is 11.1 Å². The number of hydrogen-bond acceptors (Lipinski definition) is 4. The summed E-state index contributed by atoms with van der Waals surface area (Å²) in [4.78, 5) is 6.87. The molecular weight excluding hydrogens is 490 g/mol. The average Bonchev–Trinajstić information content (AvgIpc) is 3.43. The van der Waals surface area contributed by atoms with Crippen molar-refractivity contribution in [1.29, 1.82) is 0 Å². The summed E-state index contributed by atoms with van der Waals surface area (Å²) in [5, 5.41) is 3.29. The van der Waals surface area contributed by atoms with Crippen molar-refractivity contribution >= 4 is 17.1 Å². The molecule has 3 aromatic rings. The van der Waals surface area contributed by atoms with Crippen LogP contribution >= 0.6 is 0 Å². The number of aromatic nitrogens is 1. The van der Waals surface area contributed by atoms with Crippen LogP contribution in [0.4, 0.5) is 20.3 Å². The first-order chi connectivity index (χ1) is 18.8. The summed E-state index contributed by atoms with van der Waals surface area (Å²) in [5.41, 5.74) is 13.1. The largest absolute Gasteiger partial charge is 0.398 e. The summed E-state index contributed by atoms with van der Waals surface area (Å²) in [6.07, 6.45) is 10.3. The number of nitrogens with two attached hydrogens (primary N) is 1. The number of nitrogens with zero attached hydrogens (tertiary/aromatic N) is 2. The Balaban J connectivity index is 1.54. The van der Waals surface area contributed by atoms with Gasteiger partial charge in [0.05, 0.1) is 0 Å². The molecule has 0 unspecified atom stereocenters. The predicted molar refractivity (Wildman–Crippen MR) is 159 cm³/mol. The fourth-order valence-electron chi connectivity index (χ4n) is 4.94. The van der Waals surface area contributed by atoms with Crippen molar-refractivity contribution in [1.82, 2.24) is 9.88 Å². The predicted octanol–water partition coefficient (Wildman–Crippen LogP) is 7.70. The van der Waals surface area contributed by atoms with Crippen LogP contribution in [0.1, 0.15) is 36.5 Å². The van der Waals surface area contributed by atoms with Gasteiger partial charge in [-0.1, -0.05) is 43.5 Å². The maximum absolute atomic E-state index is 15.1. The molecule has 4 nitrogen and oxygen atoms in total. The Labute approximate surface area is 230 Å². The third-order valence-corrected chi connectivity index (χ3v) is 7.12. The number of allylic oxidation sites excluding steroid dienone is 4. The number of hydrogen-bond donors (Lipinski definition) is 2. The molecule has 1 fully saturated rings. The SMILES string of the molecule is C=C/C(=C\C(=C/C)c1cc(CC(=C)Nc2nccc(-c3ccc(F)cc3)c2C)c(N)cc1F)CN1CCCC1. The molecule has 0 atom stereocenters. The van der Waals surface area contributed by atoms with Gasteiger partial charge in [0.1, 0.15) is 17.5 Å². The lowest BCUT2D eigenvalue weighted by molar-refractivity contribution is 0.371. The number of nitrogens with one attached hydrogen (secondary N) is 1. The van der Waals surface area contributed by atoms with Crippen molar-refractivity contribution in [2.24, 2.45) is 0 Å². The average molecular weight is 527 g/mol. The Morgan fingerprint density at radius 3 is 2.51 bits per heavy atom. The summed E-state index contributed by atoms with van der Waals surface area (Å²) >= 11 is 0. The van der Waals surface area contributed by atoms with Crippen molar-refractivity contribution in [3.63, 3.8) is 0 Å². The molecule has 4 rings (SSSR count). The quantitative estimate of drug-likeness (QED) is 0.210. The molecule has 202 valence electrons. The zero-order valence-corrected chi connectivity index (χ0v) is 22.7. The highest BCUT2D eigenvalue weighted by Crippen LogP contribution is 2.30. The molecule has 0 aliphatic carbocycles. The molecule has 3 N–H and O–H groups in total. The van der Waals surface area contributed by atoms with Gasteiger partial charge in [-0.3, -0.25) is 4.90 Å². The van der Waals surface area contributed by atoms with Crippen molar-refractivity contribution in [3.05, 3.63) is 120 Å². The number of rotatable bonds is 10. The highest BCUT2D eigenvalue weighted by atomic mass is 19.1. The molecule has 0 spiro atoms. The van der Waals surface area contributed by atoms with E-state index in [1.54, 1.807) is 24.4 Å². The first kappa shape index (κ1) is 28.0. The number of anilines is 2. The van der Waals surface area contributed by atoms with Crippen LogP contribution in [0.2, 0.25) is 0 Å². The van der Waals surface area contributed by atoms with Gasteiger partial charge in [0.25, 0.3) is 0 Å². The van der Waals surface area contributed by atoms with Gasteiger partial charge < -0.3 is 11.1 Å². The standard InChI is InChI=1S/C33H36F2N4/c1-5-24(21-39-15-7-8-16-39)18-25(6-2)30-19-27(32(36)20-31(30)35)17-22(3)38-33-23(4)29(13-14-37-33)26-9-11-28(34)12-10-26/h5-6,9-14,18-20H,1,3,7-8,15-17,21,36H2,2,4H3,(H,37,38)/b24-18+,25-6+. The van der Waals surface area contributed by atoms with Gasteiger partial charge >= 0.3 is 0 Å². The summed E-state index contributed by atoms with van der Waals surface area (Å²) in [7, 11) is 0. The second kappa shape index (κ2) is 12.7. The van der Waals surface area contributed by atoms with E-state index in [1.165, 1.54) is 31.0 Å². The summed E-state index contributed by atoms with van der Waals surface area (Å²) in [6.45, 7) is 15.0. The molecule has 0 saturated carbocycles. The maximum Gasteiger partial charge on any atom is 0.133 e. The Morgan fingerprint density at radius 2 is 1.85 bits per heavy atom.